The number of carboxylic acids is 1. The van der Waals surface area contributed by atoms with Crippen LogP contribution in [0.3, 0.4) is 0 Å². The third kappa shape index (κ3) is 3.05. The lowest BCUT2D eigenvalue weighted by atomic mass is 9.98. The predicted octanol–water partition coefficient (Wildman–Crippen LogP) is 3.86. The average molecular weight is 310 g/mol. The van der Waals surface area contributed by atoms with E-state index in [2.05, 4.69) is 5.32 Å². The van der Waals surface area contributed by atoms with Crippen LogP contribution in [0.1, 0.15) is 53.9 Å². The molecule has 0 saturated carbocycles. The molecule has 0 aromatic carbocycles. The van der Waals surface area contributed by atoms with Crippen molar-refractivity contribution in [1.82, 2.24) is 4.90 Å². The lowest BCUT2D eigenvalue weighted by Crippen LogP contribution is -2.49. The first kappa shape index (κ1) is 15.8. The molecule has 2 amide bonds. The van der Waals surface area contributed by atoms with Gasteiger partial charge in [-0.15, -0.1) is 11.3 Å². The summed E-state index contributed by atoms with van der Waals surface area (Å²) < 4.78 is 0. The molecule has 2 rings (SSSR count). The Morgan fingerprint density at radius 1 is 1.24 bits per heavy atom. The highest BCUT2D eigenvalue weighted by Crippen LogP contribution is 2.33. The summed E-state index contributed by atoms with van der Waals surface area (Å²) in [6.45, 7) is 7.72. The first-order chi connectivity index (χ1) is 9.82. The van der Waals surface area contributed by atoms with E-state index in [1.54, 1.807) is 6.92 Å². The molecule has 0 aliphatic carbocycles. The highest BCUT2D eigenvalue weighted by molar-refractivity contribution is 7.16. The van der Waals surface area contributed by atoms with Crippen LogP contribution in [0.15, 0.2) is 0 Å². The quantitative estimate of drug-likeness (QED) is 0.871. The Kier molecular flexibility index (Phi) is 4.56. The molecular formula is C15H22N2O3S. The van der Waals surface area contributed by atoms with Gasteiger partial charge in [-0.05, 0) is 52.5 Å². The van der Waals surface area contributed by atoms with E-state index in [1.165, 1.54) is 11.3 Å². The molecule has 2 heterocycles. The maximum Gasteiger partial charge on any atom is 0.338 e. The number of thiophene rings is 1. The zero-order valence-electron chi connectivity index (χ0n) is 12.9. The number of hydrogen-bond donors (Lipinski definition) is 2. The molecule has 1 aromatic heterocycles. The fourth-order valence-electron chi connectivity index (χ4n) is 2.96. The summed E-state index contributed by atoms with van der Waals surface area (Å²) in [5, 5.41) is 12.6. The first-order valence-electron chi connectivity index (χ1n) is 7.25. The van der Waals surface area contributed by atoms with Crippen LogP contribution in [0.25, 0.3) is 0 Å². The van der Waals surface area contributed by atoms with E-state index >= 15 is 0 Å². The Balaban J connectivity index is 2.23. The second kappa shape index (κ2) is 6.05. The molecule has 1 saturated heterocycles. The van der Waals surface area contributed by atoms with Crippen molar-refractivity contribution in [3.8, 4) is 0 Å². The lowest BCUT2D eigenvalue weighted by Gasteiger charge is -2.38. The lowest BCUT2D eigenvalue weighted by molar-refractivity contribution is 0.0697. The van der Waals surface area contributed by atoms with Gasteiger partial charge in [-0.25, -0.2) is 9.59 Å². The number of rotatable bonds is 2. The van der Waals surface area contributed by atoms with Gasteiger partial charge in [0, 0.05) is 17.0 Å². The van der Waals surface area contributed by atoms with Crippen molar-refractivity contribution < 1.29 is 14.7 Å². The van der Waals surface area contributed by atoms with Crippen LogP contribution in [-0.4, -0.2) is 34.1 Å². The number of carboxylic acid groups (broad SMARTS) is 1. The Morgan fingerprint density at radius 3 is 2.33 bits per heavy atom. The number of aryl methyl sites for hydroxylation is 1. The standard InChI is InChI=1S/C15H22N2O3S/c1-8-6-5-7-9(2)17(8)15(20)16-13-12(14(18)19)10(3)11(4)21-13/h8-9H,5-7H2,1-4H3,(H,16,20)(H,18,19)/t8-,9+. The minimum atomic E-state index is -0.994. The van der Waals surface area contributed by atoms with Gasteiger partial charge in [0.15, 0.2) is 0 Å². The summed E-state index contributed by atoms with van der Waals surface area (Å²) in [6.07, 6.45) is 3.11. The fraction of sp³-hybridized carbons (Fsp3) is 0.600. The normalized spacial score (nSPS) is 22.2. The Bertz CT molecular complexity index is 558. The van der Waals surface area contributed by atoms with Gasteiger partial charge in [0.2, 0.25) is 0 Å². The van der Waals surface area contributed by atoms with E-state index in [0.717, 1.165) is 29.7 Å². The number of urea groups is 1. The molecule has 1 aromatic rings. The van der Waals surface area contributed by atoms with Gasteiger partial charge < -0.3 is 10.0 Å². The summed E-state index contributed by atoms with van der Waals surface area (Å²) in [7, 11) is 0. The molecule has 5 nitrogen and oxygen atoms in total. The second-order valence-electron chi connectivity index (χ2n) is 5.76. The second-order valence-corrected chi connectivity index (χ2v) is 6.98. The third-order valence-corrected chi connectivity index (χ3v) is 5.37. The van der Waals surface area contributed by atoms with Gasteiger partial charge in [0.25, 0.3) is 0 Å². The number of likely N-dealkylation sites (tertiary alicyclic amines) is 1. The fourth-order valence-corrected chi connectivity index (χ4v) is 4.00. The van der Waals surface area contributed by atoms with E-state index in [9.17, 15) is 14.7 Å². The number of anilines is 1. The number of carbonyl (C=O) groups excluding carboxylic acids is 1. The van der Waals surface area contributed by atoms with Crippen LogP contribution in [-0.2, 0) is 0 Å². The summed E-state index contributed by atoms with van der Waals surface area (Å²) >= 11 is 1.32. The molecule has 1 aliphatic rings. The van der Waals surface area contributed by atoms with Gasteiger partial charge in [0.1, 0.15) is 5.00 Å². The smallest absolute Gasteiger partial charge is 0.338 e. The van der Waals surface area contributed by atoms with Crippen molar-refractivity contribution in [3.63, 3.8) is 0 Å². The van der Waals surface area contributed by atoms with E-state index in [-0.39, 0.29) is 23.7 Å². The van der Waals surface area contributed by atoms with Crippen LogP contribution < -0.4 is 5.32 Å². The van der Waals surface area contributed by atoms with Crippen LogP contribution in [0.2, 0.25) is 0 Å². The van der Waals surface area contributed by atoms with Gasteiger partial charge in [-0.2, -0.15) is 0 Å². The highest BCUT2D eigenvalue weighted by Gasteiger charge is 2.30. The number of nitrogens with zero attached hydrogens (tertiary/aromatic N) is 1. The first-order valence-corrected chi connectivity index (χ1v) is 8.07. The molecule has 0 bridgehead atoms. The van der Waals surface area contributed by atoms with Gasteiger partial charge >= 0.3 is 12.0 Å². The van der Waals surface area contributed by atoms with Crippen LogP contribution in [0.5, 0.6) is 0 Å². The van der Waals surface area contributed by atoms with Crippen LogP contribution >= 0.6 is 11.3 Å². The van der Waals surface area contributed by atoms with E-state index < -0.39 is 5.97 Å². The molecule has 21 heavy (non-hydrogen) atoms. The van der Waals surface area contributed by atoms with Crippen molar-refractivity contribution in [2.75, 3.05) is 5.32 Å². The molecular weight excluding hydrogens is 288 g/mol. The van der Waals surface area contributed by atoms with Crippen molar-refractivity contribution in [2.24, 2.45) is 0 Å². The van der Waals surface area contributed by atoms with E-state index in [0.29, 0.717) is 5.00 Å². The maximum absolute atomic E-state index is 12.5. The van der Waals surface area contributed by atoms with Gasteiger partial charge in [0.05, 0.1) is 5.56 Å². The molecule has 0 spiro atoms. The number of carbonyl (C=O) groups is 2. The largest absolute Gasteiger partial charge is 0.478 e. The van der Waals surface area contributed by atoms with Crippen molar-refractivity contribution in [1.29, 1.82) is 0 Å². The molecule has 2 atom stereocenters. The highest BCUT2D eigenvalue weighted by atomic mass is 32.1. The maximum atomic E-state index is 12.5. The molecule has 0 unspecified atom stereocenters. The molecule has 116 valence electrons. The van der Waals surface area contributed by atoms with Gasteiger partial charge in [-0.1, -0.05) is 0 Å². The third-order valence-electron chi connectivity index (χ3n) is 4.25. The minimum absolute atomic E-state index is 0.184. The van der Waals surface area contributed by atoms with Crippen LogP contribution in [0, 0.1) is 13.8 Å². The summed E-state index contributed by atoms with van der Waals surface area (Å²) in [5.41, 5.74) is 0.936. The molecule has 2 N–H and O–H groups in total. The van der Waals surface area contributed by atoms with Crippen molar-refractivity contribution >= 4 is 28.3 Å². The number of hydrogen-bond acceptors (Lipinski definition) is 3. The summed E-state index contributed by atoms with van der Waals surface area (Å²) in [6, 6.07) is 0.173. The van der Waals surface area contributed by atoms with E-state index in [4.69, 9.17) is 0 Å². The summed E-state index contributed by atoms with van der Waals surface area (Å²) in [5.74, 6) is -0.994. The zero-order chi connectivity index (χ0) is 15.7. The molecule has 1 aliphatic heterocycles. The average Bonchev–Trinajstić information content (AvgIpc) is 2.64. The monoisotopic (exact) mass is 310 g/mol. The number of nitrogens with one attached hydrogen (secondary N) is 1. The Labute approximate surface area is 129 Å². The van der Waals surface area contributed by atoms with Crippen molar-refractivity contribution in [3.05, 3.63) is 16.0 Å². The number of piperidine rings is 1. The van der Waals surface area contributed by atoms with E-state index in [1.807, 2.05) is 25.7 Å². The van der Waals surface area contributed by atoms with Crippen molar-refractivity contribution in [2.45, 2.75) is 59.0 Å². The van der Waals surface area contributed by atoms with Gasteiger partial charge in [-0.3, -0.25) is 5.32 Å². The summed E-state index contributed by atoms with van der Waals surface area (Å²) in [4.78, 5) is 26.6. The minimum Gasteiger partial charge on any atom is -0.478 e. The zero-order valence-corrected chi connectivity index (χ0v) is 13.7. The molecule has 0 radical (unpaired) electrons. The number of aromatic carboxylic acids is 1. The number of amides is 2. The molecule has 6 heteroatoms. The SMILES string of the molecule is Cc1sc(NC(=O)N2[C@H](C)CCC[C@@H]2C)c(C(=O)O)c1C. The topological polar surface area (TPSA) is 69.6 Å². The Morgan fingerprint density at radius 2 is 1.81 bits per heavy atom. The molecule has 1 fully saturated rings. The Hall–Kier alpha value is -1.56. The van der Waals surface area contributed by atoms with Crippen LogP contribution in [0.4, 0.5) is 9.80 Å². The predicted molar refractivity (Wildman–Crippen MR) is 84.4 cm³/mol.